The average molecular weight is 341 g/mol. The van der Waals surface area contributed by atoms with E-state index in [4.69, 9.17) is 0 Å². The molecule has 0 aliphatic heterocycles. The van der Waals surface area contributed by atoms with Crippen molar-refractivity contribution < 1.29 is 4.48 Å². The van der Waals surface area contributed by atoms with Crippen LogP contribution in [0.5, 0.6) is 0 Å². The van der Waals surface area contributed by atoms with Crippen molar-refractivity contribution in [3.05, 3.63) is 0 Å². The van der Waals surface area contributed by atoms with Crippen LogP contribution in [0.15, 0.2) is 0 Å². The number of unbranched alkanes of at least 4 members (excludes halogenated alkanes) is 13. The van der Waals surface area contributed by atoms with E-state index in [9.17, 15) is 0 Å². The van der Waals surface area contributed by atoms with Crippen molar-refractivity contribution in [1.29, 1.82) is 0 Å². The molecular weight excluding hydrogens is 290 g/mol. The van der Waals surface area contributed by atoms with Gasteiger partial charge in [-0.15, -0.1) is 0 Å². The van der Waals surface area contributed by atoms with Crippen molar-refractivity contribution >= 4 is 0 Å². The van der Waals surface area contributed by atoms with Crippen molar-refractivity contribution in [3.8, 4) is 0 Å². The van der Waals surface area contributed by atoms with E-state index in [1.807, 2.05) is 0 Å². The van der Waals surface area contributed by atoms with Crippen molar-refractivity contribution in [1.82, 2.24) is 0 Å². The van der Waals surface area contributed by atoms with Gasteiger partial charge in [0.25, 0.3) is 0 Å². The lowest BCUT2D eigenvalue weighted by atomic mass is 9.98. The van der Waals surface area contributed by atoms with Crippen LogP contribution in [0, 0.1) is 0 Å². The van der Waals surface area contributed by atoms with Gasteiger partial charge in [-0.1, -0.05) is 97.3 Å². The lowest BCUT2D eigenvalue weighted by Crippen LogP contribution is -2.45. The summed E-state index contributed by atoms with van der Waals surface area (Å²) in [6.07, 6.45) is 24.5. The SMILES string of the molecule is CCCCCCCCCCC(CCCCCCCCC)[N+](C)(C)C. The zero-order valence-electron chi connectivity index (χ0n) is 18.0. The van der Waals surface area contributed by atoms with E-state index in [-0.39, 0.29) is 0 Å². The van der Waals surface area contributed by atoms with E-state index in [0.29, 0.717) is 0 Å². The zero-order valence-corrected chi connectivity index (χ0v) is 18.0. The molecule has 146 valence electrons. The first-order chi connectivity index (χ1) is 11.5. The fourth-order valence-electron chi connectivity index (χ4n) is 3.77. The number of hydrogen-bond acceptors (Lipinski definition) is 0. The Morgan fingerprint density at radius 1 is 0.458 bits per heavy atom. The summed E-state index contributed by atoms with van der Waals surface area (Å²) in [5.74, 6) is 0. The molecule has 0 aromatic rings. The van der Waals surface area contributed by atoms with Gasteiger partial charge in [-0.25, -0.2) is 0 Å². The van der Waals surface area contributed by atoms with Crippen molar-refractivity contribution in [2.75, 3.05) is 21.1 Å². The Morgan fingerprint density at radius 3 is 1.04 bits per heavy atom. The molecule has 0 saturated heterocycles. The summed E-state index contributed by atoms with van der Waals surface area (Å²) in [6, 6.07) is 0.876. The van der Waals surface area contributed by atoms with E-state index in [1.54, 1.807) is 0 Å². The van der Waals surface area contributed by atoms with Crippen LogP contribution in [0.4, 0.5) is 0 Å². The number of rotatable bonds is 18. The second-order valence-corrected chi connectivity index (χ2v) is 8.94. The van der Waals surface area contributed by atoms with Gasteiger partial charge in [0.15, 0.2) is 0 Å². The third-order valence-corrected chi connectivity index (χ3v) is 5.63. The summed E-state index contributed by atoms with van der Waals surface area (Å²) in [4.78, 5) is 0. The number of nitrogens with zero attached hydrogens (tertiary/aromatic N) is 1. The molecule has 0 aromatic heterocycles. The van der Waals surface area contributed by atoms with Gasteiger partial charge in [0.1, 0.15) is 0 Å². The molecule has 1 nitrogen and oxygen atoms in total. The van der Waals surface area contributed by atoms with Gasteiger partial charge < -0.3 is 4.48 Å². The summed E-state index contributed by atoms with van der Waals surface area (Å²) in [7, 11) is 7.20. The van der Waals surface area contributed by atoms with Crippen LogP contribution in [-0.4, -0.2) is 31.7 Å². The Morgan fingerprint density at radius 2 is 0.750 bits per heavy atom. The average Bonchev–Trinajstić information content (AvgIpc) is 2.53. The molecular formula is C23H50N+. The second-order valence-electron chi connectivity index (χ2n) is 8.94. The van der Waals surface area contributed by atoms with Crippen LogP contribution in [0.25, 0.3) is 0 Å². The van der Waals surface area contributed by atoms with Gasteiger partial charge in [0.2, 0.25) is 0 Å². The highest BCUT2D eigenvalue weighted by atomic mass is 15.3. The lowest BCUT2D eigenvalue weighted by molar-refractivity contribution is -0.896. The molecule has 0 fully saturated rings. The minimum absolute atomic E-state index is 0.876. The minimum atomic E-state index is 0.876. The molecule has 0 heterocycles. The quantitative estimate of drug-likeness (QED) is 0.177. The van der Waals surface area contributed by atoms with Crippen LogP contribution in [0.2, 0.25) is 0 Å². The first kappa shape index (κ1) is 24.0. The lowest BCUT2D eigenvalue weighted by Gasteiger charge is -2.34. The van der Waals surface area contributed by atoms with Gasteiger partial charge in [0.05, 0.1) is 27.2 Å². The largest absolute Gasteiger partial charge is 0.328 e. The summed E-state index contributed by atoms with van der Waals surface area (Å²) >= 11 is 0. The summed E-state index contributed by atoms with van der Waals surface area (Å²) < 4.78 is 1.16. The summed E-state index contributed by atoms with van der Waals surface area (Å²) in [5, 5.41) is 0. The second kappa shape index (κ2) is 16.4. The number of quaternary nitrogens is 1. The Kier molecular flexibility index (Phi) is 16.4. The molecule has 0 N–H and O–H groups in total. The Labute approximate surface area is 155 Å². The molecule has 0 aromatic carbocycles. The summed E-state index contributed by atoms with van der Waals surface area (Å²) in [6.45, 7) is 4.60. The van der Waals surface area contributed by atoms with Gasteiger partial charge in [-0.2, -0.15) is 0 Å². The van der Waals surface area contributed by atoms with Crippen molar-refractivity contribution in [2.24, 2.45) is 0 Å². The van der Waals surface area contributed by atoms with Crippen molar-refractivity contribution in [2.45, 2.75) is 129 Å². The molecule has 0 spiro atoms. The van der Waals surface area contributed by atoms with Gasteiger partial charge in [-0.05, 0) is 25.7 Å². The topological polar surface area (TPSA) is 0 Å². The standard InChI is InChI=1S/C23H50N/c1-6-8-10-12-14-16-18-20-22-23(24(3,4)5)21-19-17-15-13-11-9-7-2/h23H,6-22H2,1-5H3/q+1. The molecule has 0 saturated carbocycles. The Hall–Kier alpha value is -0.0400. The van der Waals surface area contributed by atoms with E-state index >= 15 is 0 Å². The minimum Gasteiger partial charge on any atom is -0.328 e. The molecule has 0 amide bonds. The monoisotopic (exact) mass is 340 g/mol. The molecule has 0 aliphatic carbocycles. The van der Waals surface area contributed by atoms with Gasteiger partial charge >= 0.3 is 0 Å². The number of hydrogen-bond donors (Lipinski definition) is 0. The molecule has 1 atom stereocenters. The van der Waals surface area contributed by atoms with E-state index in [2.05, 4.69) is 35.0 Å². The van der Waals surface area contributed by atoms with E-state index < -0.39 is 0 Å². The van der Waals surface area contributed by atoms with Gasteiger partial charge in [0, 0.05) is 0 Å². The molecule has 0 aliphatic rings. The fourth-order valence-corrected chi connectivity index (χ4v) is 3.77. The van der Waals surface area contributed by atoms with E-state index in [0.717, 1.165) is 10.5 Å². The van der Waals surface area contributed by atoms with Crippen molar-refractivity contribution in [3.63, 3.8) is 0 Å². The Balaban J connectivity index is 3.68. The first-order valence-corrected chi connectivity index (χ1v) is 11.3. The summed E-state index contributed by atoms with van der Waals surface area (Å²) in [5.41, 5.74) is 0. The molecule has 0 radical (unpaired) electrons. The normalized spacial score (nSPS) is 13.4. The molecule has 1 unspecified atom stereocenters. The first-order valence-electron chi connectivity index (χ1n) is 11.3. The van der Waals surface area contributed by atoms with E-state index in [1.165, 1.54) is 109 Å². The van der Waals surface area contributed by atoms with Crippen LogP contribution in [0.1, 0.15) is 123 Å². The highest BCUT2D eigenvalue weighted by molar-refractivity contribution is 4.60. The fraction of sp³-hybridized carbons (Fsp3) is 1.00. The maximum atomic E-state index is 2.40. The molecule has 1 heteroatoms. The van der Waals surface area contributed by atoms with Crippen LogP contribution in [0.3, 0.4) is 0 Å². The molecule has 0 bridgehead atoms. The predicted molar refractivity (Wildman–Crippen MR) is 112 cm³/mol. The smallest absolute Gasteiger partial charge is 0.0884 e. The van der Waals surface area contributed by atoms with Crippen LogP contribution >= 0.6 is 0 Å². The zero-order chi connectivity index (χ0) is 18.1. The van der Waals surface area contributed by atoms with Crippen LogP contribution in [-0.2, 0) is 0 Å². The highest BCUT2D eigenvalue weighted by Crippen LogP contribution is 2.20. The van der Waals surface area contributed by atoms with Crippen LogP contribution < -0.4 is 0 Å². The molecule has 24 heavy (non-hydrogen) atoms. The third-order valence-electron chi connectivity index (χ3n) is 5.63. The predicted octanol–water partition coefficient (Wildman–Crippen LogP) is 7.73. The third kappa shape index (κ3) is 15.5. The maximum Gasteiger partial charge on any atom is 0.0884 e. The molecule has 0 rings (SSSR count). The Bertz CT molecular complexity index is 241. The maximum absolute atomic E-state index is 2.40. The highest BCUT2D eigenvalue weighted by Gasteiger charge is 2.22. The van der Waals surface area contributed by atoms with Gasteiger partial charge in [-0.3, -0.25) is 0 Å².